The molecule has 6 nitrogen and oxygen atoms in total. The van der Waals surface area contributed by atoms with Gasteiger partial charge in [0.25, 0.3) is 0 Å². The van der Waals surface area contributed by atoms with E-state index in [1.807, 2.05) is 0 Å². The number of allylic oxidation sites excluding steroid dienone is 2. The number of methoxy groups -OCH3 is 1. The number of carbonyl (C=O) groups excluding carboxylic acids is 2. The van der Waals surface area contributed by atoms with Gasteiger partial charge in [0.05, 0.1) is 7.11 Å². The van der Waals surface area contributed by atoms with Crippen LogP contribution in [0.4, 0.5) is 0 Å². The van der Waals surface area contributed by atoms with Crippen LogP contribution in [-0.4, -0.2) is 34.0 Å². The summed E-state index contributed by atoms with van der Waals surface area (Å²) in [6.07, 6.45) is 5.50. The van der Waals surface area contributed by atoms with Gasteiger partial charge in [-0.15, -0.1) is 0 Å². The minimum atomic E-state index is -0.304. The molecule has 0 amide bonds. The lowest BCUT2D eigenvalue weighted by Crippen LogP contribution is -1.94. The Hall–Kier alpha value is -4.32. The van der Waals surface area contributed by atoms with Crippen molar-refractivity contribution in [3.8, 4) is 23.0 Å². The van der Waals surface area contributed by atoms with E-state index in [4.69, 9.17) is 4.74 Å². The number of ketones is 2. The Labute approximate surface area is 179 Å². The lowest BCUT2D eigenvalue weighted by atomic mass is 10.0. The van der Waals surface area contributed by atoms with Gasteiger partial charge in [-0.1, -0.05) is 0 Å². The predicted octanol–water partition coefficient (Wildman–Crippen LogP) is 4.60. The van der Waals surface area contributed by atoms with E-state index in [0.29, 0.717) is 28.0 Å². The van der Waals surface area contributed by atoms with Crippen molar-refractivity contribution in [1.82, 2.24) is 0 Å². The highest BCUT2D eigenvalue weighted by atomic mass is 16.5. The van der Waals surface area contributed by atoms with Gasteiger partial charge in [0.2, 0.25) is 0 Å². The largest absolute Gasteiger partial charge is 0.508 e. The second-order valence-electron chi connectivity index (χ2n) is 6.64. The van der Waals surface area contributed by atoms with Gasteiger partial charge in [-0.2, -0.15) is 0 Å². The third-order valence-corrected chi connectivity index (χ3v) is 4.51. The number of benzene rings is 3. The molecule has 0 aromatic heterocycles. The van der Waals surface area contributed by atoms with Crippen molar-refractivity contribution in [2.45, 2.75) is 0 Å². The number of carbonyl (C=O) groups is 2. The van der Waals surface area contributed by atoms with Gasteiger partial charge >= 0.3 is 0 Å². The van der Waals surface area contributed by atoms with Crippen LogP contribution in [0.2, 0.25) is 0 Å². The van der Waals surface area contributed by atoms with Crippen LogP contribution >= 0.6 is 0 Å². The summed E-state index contributed by atoms with van der Waals surface area (Å²) in [7, 11) is 1.47. The standard InChI is InChI=1S/C25H20O6/c1-31-22-14-18(6-12-23(28)16-2-8-20(26)9-3-16)25(30)19(15-22)7-13-24(29)17-4-10-21(27)11-5-17/h2-15,26-27,30H,1H3/b12-6+,13-7+. The molecule has 3 N–H and O–H groups in total. The molecule has 0 aliphatic carbocycles. The molecule has 3 aromatic carbocycles. The second kappa shape index (κ2) is 9.45. The Morgan fingerprint density at radius 2 is 1.10 bits per heavy atom. The minimum absolute atomic E-state index is 0.0595. The van der Waals surface area contributed by atoms with Crippen molar-refractivity contribution in [1.29, 1.82) is 0 Å². The summed E-state index contributed by atoms with van der Waals surface area (Å²) in [4.78, 5) is 24.6. The molecule has 0 spiro atoms. The zero-order valence-corrected chi connectivity index (χ0v) is 16.6. The molecule has 0 bridgehead atoms. The zero-order valence-electron chi connectivity index (χ0n) is 16.6. The molecule has 3 aromatic rings. The van der Waals surface area contributed by atoms with Crippen LogP contribution in [0.3, 0.4) is 0 Å². The van der Waals surface area contributed by atoms with Crippen LogP contribution in [0.15, 0.2) is 72.8 Å². The van der Waals surface area contributed by atoms with Crippen molar-refractivity contribution in [3.63, 3.8) is 0 Å². The third kappa shape index (κ3) is 5.39. The molecule has 0 aliphatic rings. The maximum absolute atomic E-state index is 12.3. The molecule has 0 atom stereocenters. The maximum Gasteiger partial charge on any atom is 0.185 e. The fourth-order valence-electron chi connectivity index (χ4n) is 2.80. The molecule has 6 heteroatoms. The molecular weight excluding hydrogens is 396 g/mol. The number of hydrogen-bond donors (Lipinski definition) is 3. The molecule has 0 aliphatic heterocycles. The van der Waals surface area contributed by atoms with Crippen LogP contribution in [0.25, 0.3) is 12.2 Å². The highest BCUT2D eigenvalue weighted by Crippen LogP contribution is 2.31. The number of aromatic hydroxyl groups is 3. The summed E-state index contributed by atoms with van der Waals surface area (Å²) in [5.41, 5.74) is 1.44. The van der Waals surface area contributed by atoms with Crippen molar-refractivity contribution < 1.29 is 29.6 Å². The molecule has 0 heterocycles. The lowest BCUT2D eigenvalue weighted by molar-refractivity contribution is 0.103. The number of ether oxygens (including phenoxy) is 1. The van der Waals surface area contributed by atoms with E-state index < -0.39 is 0 Å². The average Bonchev–Trinajstić information content (AvgIpc) is 2.78. The molecule has 31 heavy (non-hydrogen) atoms. The predicted molar refractivity (Wildman–Crippen MR) is 118 cm³/mol. The first kappa shape index (κ1) is 21.4. The molecule has 0 saturated carbocycles. The summed E-state index contributed by atoms with van der Waals surface area (Å²) in [5.74, 6) is -0.172. The molecule has 0 radical (unpaired) electrons. The number of rotatable bonds is 7. The van der Waals surface area contributed by atoms with E-state index in [1.54, 1.807) is 12.1 Å². The van der Waals surface area contributed by atoms with Crippen LogP contribution in [0.1, 0.15) is 31.8 Å². The molecular formula is C25H20O6. The SMILES string of the molecule is COc1cc(/C=C/C(=O)c2ccc(O)cc2)c(O)c(/C=C/C(=O)c2ccc(O)cc2)c1. The summed E-state index contributed by atoms with van der Waals surface area (Å²) < 4.78 is 5.26. The first-order valence-electron chi connectivity index (χ1n) is 9.31. The number of hydrogen-bond acceptors (Lipinski definition) is 6. The maximum atomic E-state index is 12.3. The van der Waals surface area contributed by atoms with Crippen molar-refractivity contribution in [2.75, 3.05) is 7.11 Å². The van der Waals surface area contributed by atoms with Crippen molar-refractivity contribution >= 4 is 23.7 Å². The van der Waals surface area contributed by atoms with Gasteiger partial charge in [-0.3, -0.25) is 9.59 Å². The van der Waals surface area contributed by atoms with E-state index in [9.17, 15) is 24.9 Å². The Kier molecular flexibility index (Phi) is 6.52. The van der Waals surface area contributed by atoms with Gasteiger partial charge in [-0.25, -0.2) is 0 Å². The Morgan fingerprint density at radius 1 is 0.710 bits per heavy atom. The normalized spacial score (nSPS) is 11.1. The van der Waals surface area contributed by atoms with E-state index in [-0.39, 0.29) is 28.8 Å². The zero-order chi connectivity index (χ0) is 22.4. The van der Waals surface area contributed by atoms with Crippen molar-refractivity contribution in [3.05, 3.63) is 95.1 Å². The van der Waals surface area contributed by atoms with Crippen LogP contribution in [-0.2, 0) is 0 Å². The van der Waals surface area contributed by atoms with E-state index in [0.717, 1.165) is 0 Å². The van der Waals surface area contributed by atoms with Gasteiger partial charge in [0.15, 0.2) is 11.6 Å². The quantitative estimate of drug-likeness (QED) is 0.384. The first-order chi connectivity index (χ1) is 14.9. The first-order valence-corrected chi connectivity index (χ1v) is 9.31. The topological polar surface area (TPSA) is 104 Å². The fourth-order valence-corrected chi connectivity index (χ4v) is 2.80. The van der Waals surface area contributed by atoms with E-state index in [1.165, 1.54) is 79.9 Å². The van der Waals surface area contributed by atoms with E-state index >= 15 is 0 Å². The number of phenolic OH excluding ortho intramolecular Hbond substituents is 3. The molecule has 3 rings (SSSR count). The van der Waals surface area contributed by atoms with Crippen LogP contribution < -0.4 is 4.74 Å². The monoisotopic (exact) mass is 416 g/mol. The molecule has 0 saturated heterocycles. The summed E-state index contributed by atoms with van der Waals surface area (Å²) >= 11 is 0. The Bertz CT molecular complexity index is 1070. The van der Waals surface area contributed by atoms with Gasteiger partial charge in [0, 0.05) is 22.3 Å². The number of phenols is 3. The van der Waals surface area contributed by atoms with Crippen LogP contribution in [0, 0.1) is 0 Å². The third-order valence-electron chi connectivity index (χ3n) is 4.51. The highest BCUT2D eigenvalue weighted by Gasteiger charge is 2.09. The Balaban J connectivity index is 1.86. The lowest BCUT2D eigenvalue weighted by Gasteiger charge is -2.08. The fraction of sp³-hybridized carbons (Fsp3) is 0.0400. The van der Waals surface area contributed by atoms with Gasteiger partial charge in [-0.05, 0) is 85.0 Å². The minimum Gasteiger partial charge on any atom is -0.508 e. The van der Waals surface area contributed by atoms with Crippen molar-refractivity contribution in [2.24, 2.45) is 0 Å². The highest BCUT2D eigenvalue weighted by molar-refractivity contribution is 6.08. The Morgan fingerprint density at radius 3 is 1.45 bits per heavy atom. The molecule has 0 fully saturated rings. The molecule has 0 unspecified atom stereocenters. The smallest absolute Gasteiger partial charge is 0.185 e. The van der Waals surface area contributed by atoms with Crippen LogP contribution in [0.5, 0.6) is 23.0 Å². The average molecular weight is 416 g/mol. The van der Waals surface area contributed by atoms with E-state index in [2.05, 4.69) is 0 Å². The summed E-state index contributed by atoms with van der Waals surface area (Å²) in [6, 6.07) is 14.8. The summed E-state index contributed by atoms with van der Waals surface area (Å²) in [5, 5.41) is 29.3. The van der Waals surface area contributed by atoms with Gasteiger partial charge in [0.1, 0.15) is 23.0 Å². The molecule has 156 valence electrons. The van der Waals surface area contributed by atoms with Gasteiger partial charge < -0.3 is 20.1 Å². The second-order valence-corrected chi connectivity index (χ2v) is 6.64. The summed E-state index contributed by atoms with van der Waals surface area (Å²) in [6.45, 7) is 0.